The first-order valence-electron chi connectivity index (χ1n) is 5.52. The largest absolute Gasteiger partial charge is 0.466 e. The maximum Gasteiger partial charge on any atom is 0.214 e. The van der Waals surface area contributed by atoms with Crippen molar-refractivity contribution in [1.29, 1.82) is 0 Å². The Morgan fingerprint density at radius 3 is 3.00 bits per heavy atom. The van der Waals surface area contributed by atoms with Gasteiger partial charge in [-0.2, -0.15) is 0 Å². The van der Waals surface area contributed by atoms with Crippen molar-refractivity contribution in [2.24, 2.45) is 10.8 Å². The average molecular weight is 233 g/mol. The average Bonchev–Trinajstić information content (AvgIpc) is 2.50. The molecule has 0 saturated carbocycles. The Kier molecular flexibility index (Phi) is 5.23. The molecule has 1 rings (SSSR count). The summed E-state index contributed by atoms with van der Waals surface area (Å²) in [7, 11) is 0. The number of aliphatic imine (C=N–C) groups is 1. The zero-order valence-corrected chi connectivity index (χ0v) is 10.3. The molecule has 0 aromatic carbocycles. The molecule has 0 aliphatic carbocycles. The van der Waals surface area contributed by atoms with E-state index >= 15 is 0 Å². The Morgan fingerprint density at radius 2 is 2.41 bits per heavy atom. The summed E-state index contributed by atoms with van der Waals surface area (Å²) in [6.07, 6.45) is 9.72. The van der Waals surface area contributed by atoms with Crippen LogP contribution in [0.4, 0.5) is 0 Å². The van der Waals surface area contributed by atoms with E-state index in [2.05, 4.69) is 17.0 Å². The highest BCUT2D eigenvalue weighted by Gasteiger charge is 2.08. The molecule has 1 atom stereocenters. The first kappa shape index (κ1) is 13.3. The van der Waals surface area contributed by atoms with Gasteiger partial charge in [-0.25, -0.2) is 4.99 Å². The van der Waals surface area contributed by atoms with E-state index in [1.54, 1.807) is 12.3 Å². The van der Waals surface area contributed by atoms with Gasteiger partial charge in [0.05, 0.1) is 6.20 Å². The third-order valence-electron chi connectivity index (χ3n) is 2.24. The van der Waals surface area contributed by atoms with Crippen LogP contribution in [0.15, 0.2) is 53.3 Å². The molecule has 0 bridgehead atoms. The topological polar surface area (TPSA) is 59.6 Å². The fourth-order valence-corrected chi connectivity index (χ4v) is 1.43. The van der Waals surface area contributed by atoms with Crippen LogP contribution in [0.25, 0.3) is 0 Å². The standard InChI is InChI=1S/C13H19N3O/c1-4-6-12(5-2)17-13-8-10(3)7-11(16-14)9-15-13/h4-6,8-9,12,16H,2,7,14H2,1,3H3/b6-4-. The number of nitrogens with zero attached hydrogens (tertiary/aromatic N) is 1. The monoisotopic (exact) mass is 233 g/mol. The molecule has 0 aromatic heterocycles. The molecule has 0 aromatic rings. The lowest BCUT2D eigenvalue weighted by molar-refractivity contribution is 0.285. The molecule has 1 aliphatic heterocycles. The van der Waals surface area contributed by atoms with E-state index in [4.69, 9.17) is 10.6 Å². The first-order valence-corrected chi connectivity index (χ1v) is 5.52. The van der Waals surface area contributed by atoms with E-state index in [0.29, 0.717) is 5.90 Å². The molecular weight excluding hydrogens is 214 g/mol. The van der Waals surface area contributed by atoms with Gasteiger partial charge < -0.3 is 10.2 Å². The number of hydrogen-bond acceptors (Lipinski definition) is 4. The minimum atomic E-state index is -0.163. The van der Waals surface area contributed by atoms with E-state index in [1.165, 1.54) is 0 Å². The summed E-state index contributed by atoms with van der Waals surface area (Å²) >= 11 is 0. The minimum Gasteiger partial charge on any atom is -0.466 e. The Morgan fingerprint density at radius 1 is 1.65 bits per heavy atom. The smallest absolute Gasteiger partial charge is 0.214 e. The van der Waals surface area contributed by atoms with E-state index in [1.807, 2.05) is 32.1 Å². The van der Waals surface area contributed by atoms with Crippen molar-refractivity contribution in [1.82, 2.24) is 5.43 Å². The SMILES string of the molecule is C=CC(/C=C\C)OC1=NC=C(NN)CC(C)=C1. The van der Waals surface area contributed by atoms with Crippen LogP contribution in [0.3, 0.4) is 0 Å². The van der Waals surface area contributed by atoms with Crippen LogP contribution in [-0.2, 0) is 4.74 Å². The minimum absolute atomic E-state index is 0.163. The summed E-state index contributed by atoms with van der Waals surface area (Å²) in [6.45, 7) is 7.66. The highest BCUT2D eigenvalue weighted by Crippen LogP contribution is 2.13. The molecule has 4 nitrogen and oxygen atoms in total. The van der Waals surface area contributed by atoms with Crippen molar-refractivity contribution in [2.45, 2.75) is 26.4 Å². The molecule has 1 unspecified atom stereocenters. The van der Waals surface area contributed by atoms with E-state index in [0.717, 1.165) is 17.7 Å². The van der Waals surface area contributed by atoms with Crippen LogP contribution in [0, 0.1) is 0 Å². The zero-order chi connectivity index (χ0) is 12.7. The summed E-state index contributed by atoms with van der Waals surface area (Å²) in [5.41, 5.74) is 4.60. The molecule has 0 fully saturated rings. The van der Waals surface area contributed by atoms with Crippen molar-refractivity contribution in [3.63, 3.8) is 0 Å². The number of hydrazine groups is 1. The van der Waals surface area contributed by atoms with Gasteiger partial charge in [0.15, 0.2) is 0 Å². The predicted octanol–water partition coefficient (Wildman–Crippen LogP) is 2.19. The van der Waals surface area contributed by atoms with E-state index < -0.39 is 0 Å². The van der Waals surface area contributed by atoms with Gasteiger partial charge in [-0.1, -0.05) is 18.2 Å². The second-order valence-corrected chi connectivity index (χ2v) is 3.78. The quantitative estimate of drug-likeness (QED) is 0.444. The maximum atomic E-state index is 5.68. The van der Waals surface area contributed by atoms with Gasteiger partial charge >= 0.3 is 0 Å². The summed E-state index contributed by atoms with van der Waals surface area (Å²) in [5.74, 6) is 5.94. The molecule has 1 heterocycles. The predicted molar refractivity (Wildman–Crippen MR) is 71.1 cm³/mol. The molecule has 1 aliphatic rings. The van der Waals surface area contributed by atoms with Crippen molar-refractivity contribution < 1.29 is 4.74 Å². The zero-order valence-electron chi connectivity index (χ0n) is 10.3. The van der Waals surface area contributed by atoms with E-state index in [9.17, 15) is 0 Å². The molecule has 0 amide bonds. The molecule has 3 N–H and O–H groups in total. The fourth-order valence-electron chi connectivity index (χ4n) is 1.43. The van der Waals surface area contributed by atoms with Gasteiger partial charge in [0, 0.05) is 12.1 Å². The van der Waals surface area contributed by atoms with Crippen molar-refractivity contribution in [3.8, 4) is 0 Å². The lowest BCUT2D eigenvalue weighted by Crippen LogP contribution is -2.20. The normalized spacial score (nSPS) is 17.7. The van der Waals surface area contributed by atoms with E-state index in [-0.39, 0.29) is 6.10 Å². The molecule has 0 saturated heterocycles. The highest BCUT2D eigenvalue weighted by molar-refractivity contribution is 5.89. The van der Waals surface area contributed by atoms with Crippen LogP contribution in [0.2, 0.25) is 0 Å². The third-order valence-corrected chi connectivity index (χ3v) is 2.24. The molecule has 17 heavy (non-hydrogen) atoms. The number of nitrogens with two attached hydrogens (primary N) is 1. The lowest BCUT2D eigenvalue weighted by Gasteiger charge is -2.10. The van der Waals surface area contributed by atoms with Crippen molar-refractivity contribution in [3.05, 3.63) is 48.4 Å². The second kappa shape index (κ2) is 6.70. The number of allylic oxidation sites excluding steroid dienone is 2. The Balaban J connectivity index is 2.82. The molecule has 0 spiro atoms. The molecular formula is C13H19N3O. The number of nitrogens with one attached hydrogen (secondary N) is 1. The van der Waals surface area contributed by atoms with Crippen LogP contribution in [0.1, 0.15) is 20.3 Å². The van der Waals surface area contributed by atoms with Crippen molar-refractivity contribution in [2.75, 3.05) is 0 Å². The summed E-state index contributed by atoms with van der Waals surface area (Å²) in [4.78, 5) is 4.23. The highest BCUT2D eigenvalue weighted by atomic mass is 16.5. The molecule has 4 heteroatoms. The van der Waals surface area contributed by atoms with Gasteiger partial charge in [0.2, 0.25) is 5.90 Å². The van der Waals surface area contributed by atoms with Crippen LogP contribution in [-0.4, -0.2) is 12.0 Å². The summed E-state index contributed by atoms with van der Waals surface area (Å²) in [6, 6.07) is 0. The first-order chi connectivity index (χ1) is 8.19. The van der Waals surface area contributed by atoms with Crippen LogP contribution >= 0.6 is 0 Å². The Bertz CT molecular complexity index is 391. The maximum absolute atomic E-state index is 5.68. The summed E-state index contributed by atoms with van der Waals surface area (Å²) < 4.78 is 5.68. The number of hydrogen-bond donors (Lipinski definition) is 2. The van der Waals surface area contributed by atoms with Crippen molar-refractivity contribution >= 4 is 5.90 Å². The Labute approximate surface area is 102 Å². The molecule has 0 radical (unpaired) electrons. The van der Waals surface area contributed by atoms with Crippen LogP contribution < -0.4 is 11.3 Å². The number of rotatable bonds is 4. The van der Waals surface area contributed by atoms with Gasteiger partial charge in [-0.15, -0.1) is 0 Å². The molecule has 92 valence electrons. The van der Waals surface area contributed by atoms with Crippen LogP contribution in [0.5, 0.6) is 0 Å². The fraction of sp³-hybridized carbons (Fsp3) is 0.308. The van der Waals surface area contributed by atoms with Gasteiger partial charge in [-0.05, 0) is 32.1 Å². The Hall–Kier alpha value is -1.81. The van der Waals surface area contributed by atoms with Gasteiger partial charge in [-0.3, -0.25) is 5.84 Å². The third kappa shape index (κ3) is 4.28. The van der Waals surface area contributed by atoms with Gasteiger partial charge in [0.1, 0.15) is 6.10 Å². The second-order valence-electron chi connectivity index (χ2n) is 3.78. The summed E-state index contributed by atoms with van der Waals surface area (Å²) in [5, 5.41) is 0. The lowest BCUT2D eigenvalue weighted by atomic mass is 10.2. The van der Waals surface area contributed by atoms with Gasteiger partial charge in [0.25, 0.3) is 0 Å². The number of ether oxygens (including phenoxy) is 1.